The highest BCUT2D eigenvalue weighted by atomic mass is 16.5. The van der Waals surface area contributed by atoms with Crippen molar-refractivity contribution in [1.29, 1.82) is 0 Å². The van der Waals surface area contributed by atoms with Gasteiger partial charge in [-0.15, -0.1) is 0 Å². The number of carboxylic acids is 1. The lowest BCUT2D eigenvalue weighted by atomic mass is 10.0. The SMILES string of the molecule is CCOC(Cc1ccc(OCCN(CC(CC)CC)C(=O)NCCOC)cc1)C(=O)O. The molecule has 176 valence electrons. The lowest BCUT2D eigenvalue weighted by Crippen LogP contribution is -2.45. The van der Waals surface area contributed by atoms with Crippen LogP contribution in [-0.4, -0.2) is 74.7 Å². The van der Waals surface area contributed by atoms with Gasteiger partial charge in [-0.2, -0.15) is 0 Å². The normalized spacial score (nSPS) is 11.9. The maximum Gasteiger partial charge on any atom is 0.333 e. The summed E-state index contributed by atoms with van der Waals surface area (Å²) in [5, 5.41) is 12.1. The smallest absolute Gasteiger partial charge is 0.333 e. The Kier molecular flexibility index (Phi) is 13.3. The summed E-state index contributed by atoms with van der Waals surface area (Å²) < 4.78 is 16.1. The van der Waals surface area contributed by atoms with Crippen molar-refractivity contribution < 1.29 is 28.9 Å². The van der Waals surface area contributed by atoms with E-state index in [0.29, 0.717) is 57.5 Å². The van der Waals surface area contributed by atoms with Crippen LogP contribution in [0.25, 0.3) is 0 Å². The molecule has 31 heavy (non-hydrogen) atoms. The number of carbonyl (C=O) groups is 2. The van der Waals surface area contributed by atoms with E-state index in [0.717, 1.165) is 18.4 Å². The van der Waals surface area contributed by atoms with Crippen molar-refractivity contribution in [3.63, 3.8) is 0 Å². The van der Waals surface area contributed by atoms with Crippen LogP contribution in [0.3, 0.4) is 0 Å². The second kappa shape index (κ2) is 15.5. The van der Waals surface area contributed by atoms with Gasteiger partial charge in [0.25, 0.3) is 0 Å². The van der Waals surface area contributed by atoms with Crippen molar-refractivity contribution >= 4 is 12.0 Å². The number of urea groups is 1. The Bertz CT molecular complexity index is 633. The van der Waals surface area contributed by atoms with E-state index in [2.05, 4.69) is 19.2 Å². The van der Waals surface area contributed by atoms with Crippen molar-refractivity contribution in [2.75, 3.05) is 46.6 Å². The first-order valence-corrected chi connectivity index (χ1v) is 11.0. The molecule has 0 fully saturated rings. The number of carboxylic acid groups (broad SMARTS) is 1. The van der Waals surface area contributed by atoms with E-state index in [1.807, 2.05) is 24.3 Å². The maximum atomic E-state index is 12.5. The Morgan fingerprint density at radius 2 is 1.77 bits per heavy atom. The van der Waals surface area contributed by atoms with Crippen molar-refractivity contribution in [3.05, 3.63) is 29.8 Å². The highest BCUT2D eigenvalue weighted by Gasteiger charge is 2.19. The van der Waals surface area contributed by atoms with E-state index in [9.17, 15) is 14.7 Å². The van der Waals surface area contributed by atoms with Gasteiger partial charge in [0.05, 0.1) is 13.2 Å². The van der Waals surface area contributed by atoms with Crippen molar-refractivity contribution in [2.45, 2.75) is 46.1 Å². The van der Waals surface area contributed by atoms with Crippen molar-refractivity contribution in [3.8, 4) is 5.75 Å². The van der Waals surface area contributed by atoms with Crippen LogP contribution in [0.15, 0.2) is 24.3 Å². The molecule has 0 aliphatic heterocycles. The molecule has 1 aromatic rings. The molecule has 1 atom stereocenters. The summed E-state index contributed by atoms with van der Waals surface area (Å²) in [6, 6.07) is 7.18. The molecular weight excluding hydrogens is 400 g/mol. The van der Waals surface area contributed by atoms with Crippen LogP contribution in [0.4, 0.5) is 4.79 Å². The molecule has 1 aromatic carbocycles. The maximum absolute atomic E-state index is 12.5. The van der Waals surface area contributed by atoms with Crippen LogP contribution in [0.2, 0.25) is 0 Å². The zero-order chi connectivity index (χ0) is 23.1. The van der Waals surface area contributed by atoms with Gasteiger partial charge in [0, 0.05) is 33.2 Å². The van der Waals surface area contributed by atoms with Crippen LogP contribution < -0.4 is 10.1 Å². The predicted molar refractivity (Wildman–Crippen MR) is 120 cm³/mol. The lowest BCUT2D eigenvalue weighted by molar-refractivity contribution is -0.149. The van der Waals surface area contributed by atoms with Gasteiger partial charge in [-0.05, 0) is 30.5 Å². The second-order valence-corrected chi connectivity index (χ2v) is 7.33. The van der Waals surface area contributed by atoms with E-state index >= 15 is 0 Å². The zero-order valence-corrected chi connectivity index (χ0v) is 19.3. The lowest BCUT2D eigenvalue weighted by Gasteiger charge is -2.27. The Morgan fingerprint density at radius 1 is 1.10 bits per heavy atom. The zero-order valence-electron chi connectivity index (χ0n) is 19.3. The molecule has 2 N–H and O–H groups in total. The fraction of sp³-hybridized carbons (Fsp3) is 0.652. The van der Waals surface area contributed by atoms with Gasteiger partial charge in [-0.25, -0.2) is 9.59 Å². The van der Waals surface area contributed by atoms with Gasteiger partial charge in [0.15, 0.2) is 6.10 Å². The summed E-state index contributed by atoms with van der Waals surface area (Å²) in [5.41, 5.74) is 0.862. The number of nitrogens with one attached hydrogen (secondary N) is 1. The summed E-state index contributed by atoms with van der Waals surface area (Å²) in [6.45, 7) is 8.86. The Balaban J connectivity index is 2.60. The summed E-state index contributed by atoms with van der Waals surface area (Å²) in [6.07, 6.45) is 1.47. The van der Waals surface area contributed by atoms with Crippen LogP contribution in [-0.2, 0) is 20.7 Å². The third kappa shape index (κ3) is 10.5. The average molecular weight is 439 g/mol. The Labute approximate surface area is 185 Å². The topological polar surface area (TPSA) is 97.3 Å². The van der Waals surface area contributed by atoms with E-state index in [1.165, 1.54) is 0 Å². The predicted octanol–water partition coefficient (Wildman–Crippen LogP) is 3.19. The largest absolute Gasteiger partial charge is 0.492 e. The van der Waals surface area contributed by atoms with Gasteiger partial charge in [0.2, 0.25) is 0 Å². The van der Waals surface area contributed by atoms with Gasteiger partial charge >= 0.3 is 12.0 Å². The molecule has 0 bridgehead atoms. The molecule has 0 spiro atoms. The average Bonchev–Trinajstić information content (AvgIpc) is 2.76. The first kappa shape index (κ1) is 26.7. The van der Waals surface area contributed by atoms with Crippen LogP contribution in [0, 0.1) is 5.92 Å². The minimum atomic E-state index is -0.969. The van der Waals surface area contributed by atoms with Gasteiger partial charge < -0.3 is 29.5 Å². The van der Waals surface area contributed by atoms with E-state index in [1.54, 1.807) is 18.9 Å². The fourth-order valence-corrected chi connectivity index (χ4v) is 3.13. The number of hydrogen-bond donors (Lipinski definition) is 2. The number of nitrogens with zero attached hydrogens (tertiary/aromatic N) is 1. The van der Waals surface area contributed by atoms with E-state index < -0.39 is 12.1 Å². The second-order valence-electron chi connectivity index (χ2n) is 7.33. The molecule has 0 radical (unpaired) electrons. The molecule has 8 nitrogen and oxygen atoms in total. The standard InChI is InChI=1S/C23H38N2O6/c1-5-18(6-2)17-25(23(28)24-12-14-29-4)13-15-31-20-10-8-19(9-11-20)16-21(22(26)27)30-7-3/h8-11,18,21H,5-7,12-17H2,1-4H3,(H,24,28)(H,26,27). The molecular formula is C23H38N2O6. The molecule has 0 saturated heterocycles. The summed E-state index contributed by atoms with van der Waals surface area (Å²) >= 11 is 0. The molecule has 1 unspecified atom stereocenters. The number of amides is 2. The molecule has 0 aliphatic rings. The number of aliphatic carboxylic acids is 1. The first-order chi connectivity index (χ1) is 14.9. The first-order valence-electron chi connectivity index (χ1n) is 11.0. The molecule has 2 amide bonds. The molecule has 0 heterocycles. The minimum Gasteiger partial charge on any atom is -0.492 e. The van der Waals surface area contributed by atoms with Crippen LogP contribution >= 0.6 is 0 Å². The van der Waals surface area contributed by atoms with Gasteiger partial charge in [-0.3, -0.25) is 0 Å². The van der Waals surface area contributed by atoms with Gasteiger partial charge in [0.1, 0.15) is 12.4 Å². The molecule has 0 aromatic heterocycles. The summed E-state index contributed by atoms with van der Waals surface area (Å²) in [5.74, 6) is 0.151. The third-order valence-electron chi connectivity index (χ3n) is 5.12. The molecule has 1 rings (SSSR count). The Hall–Kier alpha value is -2.32. The van der Waals surface area contributed by atoms with Gasteiger partial charge in [-0.1, -0.05) is 38.8 Å². The number of ether oxygens (including phenoxy) is 3. The molecule has 0 saturated carbocycles. The summed E-state index contributed by atoms with van der Waals surface area (Å²) in [4.78, 5) is 25.5. The Morgan fingerprint density at radius 3 is 2.32 bits per heavy atom. The minimum absolute atomic E-state index is 0.112. The number of rotatable bonds is 16. The van der Waals surface area contributed by atoms with Crippen molar-refractivity contribution in [2.24, 2.45) is 5.92 Å². The van der Waals surface area contributed by atoms with E-state index in [4.69, 9.17) is 14.2 Å². The number of benzene rings is 1. The molecule has 0 aliphatic carbocycles. The third-order valence-corrected chi connectivity index (χ3v) is 5.12. The number of hydrogen-bond acceptors (Lipinski definition) is 5. The quantitative estimate of drug-likeness (QED) is 0.385. The highest BCUT2D eigenvalue weighted by molar-refractivity contribution is 5.74. The van der Waals surface area contributed by atoms with Crippen LogP contribution in [0.1, 0.15) is 39.2 Å². The van der Waals surface area contributed by atoms with Crippen molar-refractivity contribution in [1.82, 2.24) is 10.2 Å². The monoisotopic (exact) mass is 438 g/mol. The highest BCUT2D eigenvalue weighted by Crippen LogP contribution is 2.15. The fourth-order valence-electron chi connectivity index (χ4n) is 3.13. The number of methoxy groups -OCH3 is 1. The van der Waals surface area contributed by atoms with E-state index in [-0.39, 0.29) is 6.03 Å². The van der Waals surface area contributed by atoms with Crippen LogP contribution in [0.5, 0.6) is 5.75 Å². The molecule has 8 heteroatoms. The summed E-state index contributed by atoms with van der Waals surface area (Å²) in [7, 11) is 1.60. The number of carbonyl (C=O) groups excluding carboxylic acids is 1.